The molecule has 0 aromatic carbocycles. The lowest BCUT2D eigenvalue weighted by Gasteiger charge is -2.08. The Morgan fingerprint density at radius 3 is 2.94 bits per heavy atom. The van der Waals surface area contributed by atoms with Gasteiger partial charge in [-0.2, -0.15) is 11.8 Å². The molecule has 1 aromatic heterocycles. The van der Waals surface area contributed by atoms with Gasteiger partial charge in [0.25, 0.3) is 0 Å². The van der Waals surface area contributed by atoms with Crippen LogP contribution in [0.15, 0.2) is 10.5 Å². The highest BCUT2D eigenvalue weighted by Gasteiger charge is 2.14. The second-order valence-corrected chi connectivity index (χ2v) is 5.29. The van der Waals surface area contributed by atoms with Gasteiger partial charge in [-0.1, -0.05) is 6.92 Å². The number of aryl methyl sites for hydroxylation is 1. The van der Waals surface area contributed by atoms with Gasteiger partial charge in [-0.3, -0.25) is 10.2 Å². The molecule has 0 saturated carbocycles. The number of rotatable bonds is 6. The molecule has 1 heterocycles. The van der Waals surface area contributed by atoms with Crippen LogP contribution in [0.4, 0.5) is 0 Å². The van der Waals surface area contributed by atoms with Gasteiger partial charge in [0.2, 0.25) is 0 Å². The highest BCUT2D eigenvalue weighted by molar-refractivity contribution is 7.99. The Bertz CT molecular complexity index is 379. The third kappa shape index (κ3) is 4.07. The zero-order valence-electron chi connectivity index (χ0n) is 10.2. The third-order valence-electron chi connectivity index (χ3n) is 2.47. The molecule has 1 unspecified atom stereocenters. The summed E-state index contributed by atoms with van der Waals surface area (Å²) in [6, 6.07) is 1.74. The molecule has 96 valence electrons. The molecule has 0 radical (unpaired) electrons. The number of amides is 1. The van der Waals surface area contributed by atoms with Gasteiger partial charge in [-0.25, -0.2) is 5.84 Å². The maximum Gasteiger partial charge on any atom is 0.300 e. The largest absolute Gasteiger partial charge is 0.456 e. The van der Waals surface area contributed by atoms with Crippen molar-refractivity contribution in [3.63, 3.8) is 0 Å². The van der Waals surface area contributed by atoms with Crippen molar-refractivity contribution in [2.75, 3.05) is 6.54 Å². The van der Waals surface area contributed by atoms with Gasteiger partial charge in [0.1, 0.15) is 5.76 Å². The lowest BCUT2D eigenvalue weighted by Crippen LogP contribution is -2.29. The van der Waals surface area contributed by atoms with Gasteiger partial charge in [0.15, 0.2) is 5.76 Å². The first-order valence-corrected chi connectivity index (χ1v) is 6.55. The molecule has 1 atom stereocenters. The fraction of sp³-hybridized carbons (Fsp3) is 0.545. The van der Waals surface area contributed by atoms with E-state index in [9.17, 15) is 4.79 Å². The van der Waals surface area contributed by atoms with Crippen LogP contribution < -0.4 is 17.0 Å². The summed E-state index contributed by atoms with van der Waals surface area (Å²) in [5.74, 6) is 6.47. The Labute approximate surface area is 105 Å². The number of nitrogen functional groups attached to an aromatic ring is 1. The Morgan fingerprint density at radius 2 is 2.35 bits per heavy atom. The molecule has 5 N–H and O–H groups in total. The molecule has 0 aliphatic rings. The fourth-order valence-corrected chi connectivity index (χ4v) is 2.45. The van der Waals surface area contributed by atoms with E-state index in [4.69, 9.17) is 16.0 Å². The zero-order valence-corrected chi connectivity index (χ0v) is 11.0. The number of furan rings is 1. The second-order valence-electron chi connectivity index (χ2n) is 3.86. The lowest BCUT2D eigenvalue weighted by molar-refractivity contribution is 0.0924. The van der Waals surface area contributed by atoms with Crippen molar-refractivity contribution in [2.24, 2.45) is 11.6 Å². The van der Waals surface area contributed by atoms with E-state index in [1.165, 1.54) is 0 Å². The molecule has 0 bridgehead atoms. The quantitative estimate of drug-likeness (QED) is 0.404. The summed E-state index contributed by atoms with van der Waals surface area (Å²) in [7, 11) is 0. The normalized spacial score (nSPS) is 12.5. The first-order valence-electron chi connectivity index (χ1n) is 5.50. The van der Waals surface area contributed by atoms with Crippen molar-refractivity contribution in [2.45, 2.75) is 31.3 Å². The molecule has 0 aliphatic heterocycles. The predicted octanol–water partition coefficient (Wildman–Crippen LogP) is 1.16. The molecular formula is C11H19N3O2S. The number of hydrogen-bond acceptors (Lipinski definition) is 5. The number of hydrogen-bond donors (Lipinski definition) is 3. The van der Waals surface area contributed by atoms with Gasteiger partial charge < -0.3 is 10.2 Å². The van der Waals surface area contributed by atoms with Crippen molar-refractivity contribution in [1.82, 2.24) is 5.43 Å². The summed E-state index contributed by atoms with van der Waals surface area (Å²) in [6.07, 6.45) is 0.984. The second kappa shape index (κ2) is 6.68. The van der Waals surface area contributed by atoms with Crippen molar-refractivity contribution >= 4 is 17.7 Å². The Balaban J connectivity index is 2.59. The van der Waals surface area contributed by atoms with Crippen molar-refractivity contribution in [3.8, 4) is 0 Å². The van der Waals surface area contributed by atoms with E-state index in [1.54, 1.807) is 17.8 Å². The fourth-order valence-electron chi connectivity index (χ4n) is 1.40. The molecule has 1 amide bonds. The van der Waals surface area contributed by atoms with Crippen LogP contribution >= 0.6 is 11.8 Å². The summed E-state index contributed by atoms with van der Waals surface area (Å²) < 4.78 is 5.33. The Hall–Kier alpha value is -0.980. The van der Waals surface area contributed by atoms with Crippen LogP contribution in [0.5, 0.6) is 0 Å². The maximum absolute atomic E-state index is 11.3. The number of nitrogens with two attached hydrogens (primary N) is 2. The van der Waals surface area contributed by atoms with Crippen LogP contribution in [0.25, 0.3) is 0 Å². The van der Waals surface area contributed by atoms with E-state index in [2.05, 4.69) is 12.3 Å². The summed E-state index contributed by atoms with van der Waals surface area (Å²) in [6.45, 7) is 4.68. The summed E-state index contributed by atoms with van der Waals surface area (Å²) in [5, 5.41) is 0.501. The van der Waals surface area contributed by atoms with Gasteiger partial charge in [-0.05, 0) is 26.0 Å². The minimum atomic E-state index is -0.403. The first kappa shape index (κ1) is 14.1. The average Bonchev–Trinajstić information content (AvgIpc) is 2.67. The van der Waals surface area contributed by atoms with E-state index in [0.717, 1.165) is 23.5 Å². The molecule has 1 rings (SSSR count). The van der Waals surface area contributed by atoms with Crippen LogP contribution in [0, 0.1) is 6.92 Å². The topological polar surface area (TPSA) is 94.3 Å². The van der Waals surface area contributed by atoms with Gasteiger partial charge >= 0.3 is 5.91 Å². The van der Waals surface area contributed by atoms with E-state index in [-0.39, 0.29) is 5.76 Å². The smallest absolute Gasteiger partial charge is 0.300 e. The summed E-state index contributed by atoms with van der Waals surface area (Å²) in [4.78, 5) is 11.3. The van der Waals surface area contributed by atoms with Gasteiger partial charge in [-0.15, -0.1) is 0 Å². The molecule has 6 heteroatoms. The first-order chi connectivity index (χ1) is 8.08. The third-order valence-corrected chi connectivity index (χ3v) is 3.75. The highest BCUT2D eigenvalue weighted by Crippen LogP contribution is 2.24. The Kier molecular flexibility index (Phi) is 5.54. The number of carbonyl (C=O) groups excluding carboxylic acids is 1. The van der Waals surface area contributed by atoms with Crippen molar-refractivity contribution < 1.29 is 9.21 Å². The Morgan fingerprint density at radius 1 is 1.65 bits per heavy atom. The SMILES string of the molecule is Cc1oc(C(=O)NN)cc1CSC(C)CCN. The number of carbonyl (C=O) groups is 1. The van der Waals surface area contributed by atoms with Crippen LogP contribution in [0.2, 0.25) is 0 Å². The molecule has 0 fully saturated rings. The maximum atomic E-state index is 11.3. The van der Waals surface area contributed by atoms with Crippen molar-refractivity contribution in [1.29, 1.82) is 0 Å². The minimum Gasteiger partial charge on any atom is -0.456 e. The molecule has 0 aliphatic carbocycles. The minimum absolute atomic E-state index is 0.257. The summed E-state index contributed by atoms with van der Waals surface area (Å²) in [5.41, 5.74) is 8.57. The molecule has 0 saturated heterocycles. The number of nitrogens with one attached hydrogen (secondary N) is 1. The molecule has 1 aromatic rings. The predicted molar refractivity (Wildman–Crippen MR) is 69.5 cm³/mol. The number of thioether (sulfide) groups is 1. The summed E-state index contributed by atoms with van der Waals surface area (Å²) >= 11 is 1.80. The van der Waals surface area contributed by atoms with Crippen LogP contribution in [0.1, 0.15) is 35.2 Å². The molecule has 17 heavy (non-hydrogen) atoms. The van der Waals surface area contributed by atoms with E-state index >= 15 is 0 Å². The van der Waals surface area contributed by atoms with E-state index in [1.807, 2.05) is 6.92 Å². The van der Waals surface area contributed by atoms with E-state index < -0.39 is 5.91 Å². The highest BCUT2D eigenvalue weighted by atomic mass is 32.2. The lowest BCUT2D eigenvalue weighted by atomic mass is 10.3. The average molecular weight is 257 g/mol. The number of hydrazine groups is 1. The standard InChI is InChI=1S/C11H19N3O2S/c1-7(3-4-12)17-6-9-5-10(11(15)14-13)16-8(9)2/h5,7H,3-4,6,12-13H2,1-2H3,(H,14,15). The van der Waals surface area contributed by atoms with Crippen molar-refractivity contribution in [3.05, 3.63) is 23.2 Å². The van der Waals surface area contributed by atoms with Gasteiger partial charge in [0, 0.05) is 16.6 Å². The van der Waals surface area contributed by atoms with Crippen LogP contribution in [-0.2, 0) is 5.75 Å². The monoisotopic (exact) mass is 257 g/mol. The van der Waals surface area contributed by atoms with Crippen LogP contribution in [-0.4, -0.2) is 17.7 Å². The molecule has 0 spiro atoms. The zero-order chi connectivity index (χ0) is 12.8. The van der Waals surface area contributed by atoms with E-state index in [0.29, 0.717) is 11.8 Å². The molecular weight excluding hydrogens is 238 g/mol. The van der Waals surface area contributed by atoms with Crippen LogP contribution in [0.3, 0.4) is 0 Å². The molecule has 5 nitrogen and oxygen atoms in total. The van der Waals surface area contributed by atoms with Gasteiger partial charge in [0.05, 0.1) is 0 Å².